The summed E-state index contributed by atoms with van der Waals surface area (Å²) in [6.45, 7) is 1.10. The number of benzene rings is 1. The van der Waals surface area contributed by atoms with Crippen molar-refractivity contribution in [3.63, 3.8) is 0 Å². The molecule has 0 atom stereocenters. The first-order chi connectivity index (χ1) is 11.8. The fourth-order valence-electron chi connectivity index (χ4n) is 2.47. The van der Waals surface area contributed by atoms with Crippen molar-refractivity contribution in [1.82, 2.24) is 19.6 Å². The predicted octanol–water partition coefficient (Wildman–Crippen LogP) is 0.586. The normalized spacial score (nSPS) is 11.8. The fourth-order valence-corrected chi connectivity index (χ4v) is 2.47. The van der Waals surface area contributed by atoms with Crippen LogP contribution < -0.4 is 10.5 Å². The summed E-state index contributed by atoms with van der Waals surface area (Å²) in [5.74, 6) is -2.39. The largest absolute Gasteiger partial charge is 0.494 e. The SMILES string of the molecule is COc1cccc2c1nc(N)n1nc(CC(C)(C(=O)O)C(=O)O)nc21. The van der Waals surface area contributed by atoms with E-state index in [1.165, 1.54) is 11.6 Å². The zero-order valence-corrected chi connectivity index (χ0v) is 13.4. The molecule has 4 N–H and O–H groups in total. The zero-order valence-electron chi connectivity index (χ0n) is 13.4. The van der Waals surface area contributed by atoms with Crippen molar-refractivity contribution in [1.29, 1.82) is 0 Å². The molecule has 2 heterocycles. The number of rotatable bonds is 5. The van der Waals surface area contributed by atoms with Crippen LogP contribution in [0.2, 0.25) is 0 Å². The second kappa shape index (κ2) is 5.58. The van der Waals surface area contributed by atoms with Gasteiger partial charge in [0.15, 0.2) is 16.9 Å². The summed E-state index contributed by atoms with van der Waals surface area (Å²) in [5.41, 5.74) is 4.67. The van der Waals surface area contributed by atoms with Crippen molar-refractivity contribution >= 4 is 34.4 Å². The average molecular weight is 345 g/mol. The Bertz CT molecular complexity index is 998. The second-order valence-electron chi connectivity index (χ2n) is 5.71. The highest BCUT2D eigenvalue weighted by atomic mass is 16.5. The van der Waals surface area contributed by atoms with Crippen molar-refractivity contribution in [3.05, 3.63) is 24.0 Å². The van der Waals surface area contributed by atoms with Gasteiger partial charge in [0.05, 0.1) is 7.11 Å². The van der Waals surface area contributed by atoms with Crippen LogP contribution in [-0.2, 0) is 16.0 Å². The van der Waals surface area contributed by atoms with E-state index in [0.717, 1.165) is 6.92 Å². The van der Waals surface area contributed by atoms with Crippen molar-refractivity contribution in [2.75, 3.05) is 12.8 Å². The third-order valence-electron chi connectivity index (χ3n) is 4.01. The number of hydrogen-bond donors (Lipinski definition) is 3. The van der Waals surface area contributed by atoms with Crippen LogP contribution in [0.4, 0.5) is 5.95 Å². The van der Waals surface area contributed by atoms with E-state index in [1.54, 1.807) is 18.2 Å². The number of aromatic nitrogens is 4. The van der Waals surface area contributed by atoms with E-state index in [9.17, 15) is 19.8 Å². The first kappa shape index (κ1) is 16.4. The van der Waals surface area contributed by atoms with Gasteiger partial charge in [-0.15, -0.1) is 5.10 Å². The smallest absolute Gasteiger partial charge is 0.321 e. The van der Waals surface area contributed by atoms with Crippen LogP contribution in [0, 0.1) is 5.41 Å². The molecule has 0 saturated heterocycles. The topological polar surface area (TPSA) is 153 Å². The molecule has 0 fully saturated rings. The lowest BCUT2D eigenvalue weighted by molar-refractivity contribution is -0.163. The van der Waals surface area contributed by atoms with Gasteiger partial charge in [0.25, 0.3) is 0 Å². The Morgan fingerprint density at radius 2 is 1.96 bits per heavy atom. The first-order valence-corrected chi connectivity index (χ1v) is 7.22. The molecule has 0 saturated carbocycles. The van der Waals surface area contributed by atoms with Crippen LogP contribution in [-0.4, -0.2) is 48.8 Å². The van der Waals surface area contributed by atoms with Crippen LogP contribution in [0.5, 0.6) is 5.75 Å². The van der Waals surface area contributed by atoms with Crippen LogP contribution in [0.25, 0.3) is 16.6 Å². The van der Waals surface area contributed by atoms with Gasteiger partial charge >= 0.3 is 11.9 Å². The summed E-state index contributed by atoms with van der Waals surface area (Å²) < 4.78 is 6.50. The fraction of sp³-hybridized carbons (Fsp3) is 0.267. The van der Waals surface area contributed by atoms with Gasteiger partial charge < -0.3 is 20.7 Å². The maximum absolute atomic E-state index is 11.3. The Hall–Kier alpha value is -3.43. The van der Waals surface area contributed by atoms with Crippen LogP contribution in [0.1, 0.15) is 12.7 Å². The Morgan fingerprint density at radius 1 is 1.28 bits per heavy atom. The summed E-state index contributed by atoms with van der Waals surface area (Å²) in [6, 6.07) is 5.20. The molecule has 2 aromatic heterocycles. The molecule has 0 aliphatic carbocycles. The lowest BCUT2D eigenvalue weighted by atomic mass is 9.87. The molecule has 0 spiro atoms. The van der Waals surface area contributed by atoms with Crippen LogP contribution in [0.15, 0.2) is 18.2 Å². The molecule has 0 aliphatic rings. The number of anilines is 1. The Morgan fingerprint density at radius 3 is 2.56 bits per heavy atom. The third kappa shape index (κ3) is 2.47. The molecule has 25 heavy (non-hydrogen) atoms. The van der Waals surface area contributed by atoms with E-state index in [4.69, 9.17) is 10.5 Å². The monoisotopic (exact) mass is 345 g/mol. The highest BCUT2D eigenvalue weighted by Crippen LogP contribution is 2.28. The summed E-state index contributed by atoms with van der Waals surface area (Å²) in [7, 11) is 1.50. The van der Waals surface area contributed by atoms with Gasteiger partial charge in [-0.05, 0) is 19.1 Å². The van der Waals surface area contributed by atoms with E-state index in [-0.39, 0.29) is 11.8 Å². The van der Waals surface area contributed by atoms with Gasteiger partial charge in [0.1, 0.15) is 11.3 Å². The molecular formula is C15H15N5O5. The molecule has 10 heteroatoms. The number of nitrogens with zero attached hydrogens (tertiary/aromatic N) is 4. The standard InChI is InChI=1S/C15H15N5O5/c1-15(12(21)22,13(23)24)6-9-17-11-7-4-3-5-8(25-2)10(7)18-14(16)20(11)19-9/h3-5H,6H2,1-2H3,(H2,16,18)(H,21,22)(H,23,24). The maximum Gasteiger partial charge on any atom is 0.321 e. The zero-order chi connectivity index (χ0) is 18.4. The number of carbonyl (C=O) groups is 2. The minimum absolute atomic E-state index is 0.0260. The van der Waals surface area contributed by atoms with E-state index < -0.39 is 23.8 Å². The Kier molecular flexibility index (Phi) is 3.67. The van der Waals surface area contributed by atoms with Gasteiger partial charge in [0.2, 0.25) is 5.95 Å². The quantitative estimate of drug-likeness (QED) is 0.564. The van der Waals surface area contributed by atoms with Crippen molar-refractivity contribution in [3.8, 4) is 5.75 Å². The molecule has 0 unspecified atom stereocenters. The number of aliphatic carboxylic acids is 2. The van der Waals surface area contributed by atoms with Gasteiger partial charge in [0, 0.05) is 11.8 Å². The molecule has 1 aromatic carbocycles. The lowest BCUT2D eigenvalue weighted by Gasteiger charge is -2.17. The molecular weight excluding hydrogens is 330 g/mol. The molecule has 3 rings (SSSR count). The molecule has 0 bridgehead atoms. The average Bonchev–Trinajstić information content (AvgIpc) is 2.98. The number of hydrogen-bond acceptors (Lipinski definition) is 7. The summed E-state index contributed by atoms with van der Waals surface area (Å²) in [6.07, 6.45) is -0.399. The van der Waals surface area contributed by atoms with Gasteiger partial charge in [-0.3, -0.25) is 9.59 Å². The molecule has 0 amide bonds. The number of para-hydroxylation sites is 1. The predicted molar refractivity (Wildman–Crippen MR) is 86.3 cm³/mol. The van der Waals surface area contributed by atoms with E-state index in [0.29, 0.717) is 22.3 Å². The maximum atomic E-state index is 11.3. The minimum atomic E-state index is -2.05. The van der Waals surface area contributed by atoms with Crippen molar-refractivity contribution in [2.24, 2.45) is 5.41 Å². The minimum Gasteiger partial charge on any atom is -0.494 e. The highest BCUT2D eigenvalue weighted by Gasteiger charge is 2.43. The van der Waals surface area contributed by atoms with Gasteiger partial charge in [-0.25, -0.2) is 9.97 Å². The van der Waals surface area contributed by atoms with E-state index in [1.807, 2.05) is 0 Å². The molecule has 10 nitrogen and oxygen atoms in total. The molecule has 0 radical (unpaired) electrons. The van der Waals surface area contributed by atoms with Crippen LogP contribution >= 0.6 is 0 Å². The summed E-state index contributed by atoms with van der Waals surface area (Å²) >= 11 is 0. The van der Waals surface area contributed by atoms with Gasteiger partial charge in [-0.1, -0.05) is 6.07 Å². The second-order valence-corrected chi connectivity index (χ2v) is 5.71. The van der Waals surface area contributed by atoms with E-state index >= 15 is 0 Å². The number of carboxylic acid groups (broad SMARTS) is 2. The number of ether oxygens (including phenoxy) is 1. The summed E-state index contributed by atoms with van der Waals surface area (Å²) in [5, 5.41) is 23.2. The molecule has 130 valence electrons. The van der Waals surface area contributed by atoms with E-state index in [2.05, 4.69) is 15.1 Å². The molecule has 3 aromatic rings. The first-order valence-electron chi connectivity index (χ1n) is 7.22. The van der Waals surface area contributed by atoms with Gasteiger partial charge in [-0.2, -0.15) is 4.52 Å². The van der Waals surface area contributed by atoms with Crippen LogP contribution in [0.3, 0.4) is 0 Å². The Balaban J connectivity index is 2.21. The third-order valence-corrected chi connectivity index (χ3v) is 4.01. The Labute approximate surface area is 140 Å². The number of fused-ring (bicyclic) bond motifs is 3. The van der Waals surface area contributed by atoms with Crippen molar-refractivity contribution in [2.45, 2.75) is 13.3 Å². The summed E-state index contributed by atoms with van der Waals surface area (Å²) in [4.78, 5) is 31.2. The number of nitrogens with two attached hydrogens (primary N) is 1. The number of nitrogen functional groups attached to an aromatic ring is 1. The number of carboxylic acids is 2. The highest BCUT2D eigenvalue weighted by molar-refractivity contribution is 5.98. The molecule has 0 aliphatic heterocycles. The lowest BCUT2D eigenvalue weighted by Crippen LogP contribution is -2.38. The van der Waals surface area contributed by atoms with Crippen molar-refractivity contribution < 1.29 is 24.5 Å². The number of methoxy groups -OCH3 is 1.